The SMILES string of the molecule is CCC(C)C(NC(=O)C(N)CCC(=O)O)C(=O)NC(CC(C)C)C(=O)NC(Cc1ccc(O)cc1)C(=O)O. The van der Waals surface area contributed by atoms with Crippen LogP contribution < -0.4 is 21.7 Å². The van der Waals surface area contributed by atoms with Crippen LogP contribution in [0.15, 0.2) is 24.3 Å². The second-order valence-corrected chi connectivity index (χ2v) is 9.87. The lowest BCUT2D eigenvalue weighted by molar-refractivity contribution is -0.142. The van der Waals surface area contributed by atoms with Gasteiger partial charge in [0.25, 0.3) is 0 Å². The van der Waals surface area contributed by atoms with E-state index in [0.29, 0.717) is 12.0 Å². The largest absolute Gasteiger partial charge is 0.508 e. The minimum Gasteiger partial charge on any atom is -0.508 e. The highest BCUT2D eigenvalue weighted by atomic mass is 16.4. The number of carbonyl (C=O) groups excluding carboxylic acids is 3. The van der Waals surface area contributed by atoms with Crippen LogP contribution in [-0.2, 0) is 30.4 Å². The Morgan fingerprint density at radius 2 is 1.45 bits per heavy atom. The summed E-state index contributed by atoms with van der Waals surface area (Å²) in [6.07, 6.45) is 0.274. The van der Waals surface area contributed by atoms with Gasteiger partial charge in [0.15, 0.2) is 0 Å². The van der Waals surface area contributed by atoms with Gasteiger partial charge in [-0.1, -0.05) is 46.2 Å². The molecule has 38 heavy (non-hydrogen) atoms. The normalized spacial score (nSPS) is 15.0. The lowest BCUT2D eigenvalue weighted by atomic mass is 9.96. The van der Waals surface area contributed by atoms with Crippen LogP contribution >= 0.6 is 0 Å². The summed E-state index contributed by atoms with van der Waals surface area (Å²) in [5.41, 5.74) is 6.37. The molecule has 0 fully saturated rings. The standard InChI is InChI=1S/C26H40N4O8/c1-5-15(4)22(30-23(34)18(27)10-11-21(32)33)25(36)28-19(12-14(2)3)24(35)29-20(26(37)38)13-16-6-8-17(31)9-7-16/h6-9,14-15,18-20,22,31H,5,10-13,27H2,1-4H3,(H,28,36)(H,29,35)(H,30,34)(H,32,33)(H,37,38). The number of amides is 3. The molecular formula is C26H40N4O8. The quantitative estimate of drug-likeness (QED) is 0.159. The van der Waals surface area contributed by atoms with Gasteiger partial charge in [0.05, 0.1) is 6.04 Å². The van der Waals surface area contributed by atoms with Gasteiger partial charge in [0.2, 0.25) is 17.7 Å². The molecule has 1 aromatic rings. The molecule has 12 heteroatoms. The number of nitrogens with two attached hydrogens (primary N) is 1. The van der Waals surface area contributed by atoms with Crippen LogP contribution in [-0.4, -0.2) is 69.1 Å². The number of carboxylic acid groups (broad SMARTS) is 2. The molecule has 0 aliphatic carbocycles. The monoisotopic (exact) mass is 536 g/mol. The van der Waals surface area contributed by atoms with E-state index < -0.39 is 53.8 Å². The van der Waals surface area contributed by atoms with Crippen LogP contribution in [0.5, 0.6) is 5.75 Å². The van der Waals surface area contributed by atoms with Crippen LogP contribution in [0.4, 0.5) is 0 Å². The third kappa shape index (κ3) is 11.2. The van der Waals surface area contributed by atoms with Gasteiger partial charge < -0.3 is 37.0 Å². The minimum absolute atomic E-state index is 0.0233. The molecule has 1 aromatic carbocycles. The maximum atomic E-state index is 13.2. The first-order valence-electron chi connectivity index (χ1n) is 12.6. The van der Waals surface area contributed by atoms with Gasteiger partial charge in [0, 0.05) is 12.8 Å². The molecule has 12 nitrogen and oxygen atoms in total. The van der Waals surface area contributed by atoms with Crippen LogP contribution in [0.3, 0.4) is 0 Å². The van der Waals surface area contributed by atoms with Crippen molar-refractivity contribution in [2.45, 2.75) is 84.0 Å². The zero-order chi connectivity index (χ0) is 29.0. The number of hydrogen-bond acceptors (Lipinski definition) is 7. The van der Waals surface area contributed by atoms with Gasteiger partial charge in [-0.3, -0.25) is 19.2 Å². The van der Waals surface area contributed by atoms with Crippen molar-refractivity contribution >= 4 is 29.7 Å². The van der Waals surface area contributed by atoms with E-state index in [-0.39, 0.29) is 43.3 Å². The van der Waals surface area contributed by atoms with Crippen molar-refractivity contribution in [2.75, 3.05) is 0 Å². The van der Waals surface area contributed by atoms with Gasteiger partial charge >= 0.3 is 11.9 Å². The zero-order valence-electron chi connectivity index (χ0n) is 22.3. The third-order valence-electron chi connectivity index (χ3n) is 6.13. The fourth-order valence-corrected chi connectivity index (χ4v) is 3.68. The smallest absolute Gasteiger partial charge is 0.326 e. The van der Waals surface area contributed by atoms with Crippen molar-refractivity contribution in [3.63, 3.8) is 0 Å². The van der Waals surface area contributed by atoms with Crippen molar-refractivity contribution in [3.05, 3.63) is 29.8 Å². The molecule has 5 unspecified atom stereocenters. The summed E-state index contributed by atoms with van der Waals surface area (Å²) in [6, 6.07) is 1.39. The van der Waals surface area contributed by atoms with Crippen molar-refractivity contribution in [1.82, 2.24) is 16.0 Å². The Morgan fingerprint density at radius 1 is 0.868 bits per heavy atom. The molecule has 212 valence electrons. The van der Waals surface area contributed by atoms with Crippen LogP contribution in [0.1, 0.15) is 58.9 Å². The zero-order valence-corrected chi connectivity index (χ0v) is 22.3. The summed E-state index contributed by atoms with van der Waals surface area (Å²) >= 11 is 0. The molecular weight excluding hydrogens is 496 g/mol. The molecule has 0 aliphatic rings. The Kier molecular flexibility index (Phi) is 13.2. The lowest BCUT2D eigenvalue weighted by Crippen LogP contribution is -2.59. The number of phenols is 1. The lowest BCUT2D eigenvalue weighted by Gasteiger charge is -2.28. The molecule has 8 N–H and O–H groups in total. The molecule has 0 saturated carbocycles. The van der Waals surface area contributed by atoms with E-state index in [1.165, 1.54) is 12.1 Å². The Bertz CT molecular complexity index is 966. The molecule has 1 rings (SSSR count). The number of nitrogens with one attached hydrogen (secondary N) is 3. The van der Waals surface area contributed by atoms with Gasteiger partial charge in [-0.2, -0.15) is 0 Å². The van der Waals surface area contributed by atoms with E-state index in [1.54, 1.807) is 19.1 Å². The number of aliphatic carboxylic acids is 2. The summed E-state index contributed by atoms with van der Waals surface area (Å²) in [5, 5.41) is 35.6. The second-order valence-electron chi connectivity index (χ2n) is 9.87. The molecule has 0 aliphatic heterocycles. The van der Waals surface area contributed by atoms with Gasteiger partial charge in [0.1, 0.15) is 23.9 Å². The average molecular weight is 537 g/mol. The molecule has 0 saturated heterocycles. The Hall–Kier alpha value is -3.67. The number of phenolic OH excluding ortho intramolecular Hbond substituents is 1. The predicted octanol–water partition coefficient (Wildman–Crippen LogP) is 0.758. The first kappa shape index (κ1) is 32.4. The van der Waals surface area contributed by atoms with Crippen molar-refractivity contribution in [3.8, 4) is 5.75 Å². The van der Waals surface area contributed by atoms with Crippen molar-refractivity contribution < 1.29 is 39.3 Å². The molecule has 0 radical (unpaired) electrons. The molecule has 0 heterocycles. The highest BCUT2D eigenvalue weighted by molar-refractivity contribution is 5.94. The predicted molar refractivity (Wildman–Crippen MR) is 139 cm³/mol. The minimum atomic E-state index is -1.28. The van der Waals surface area contributed by atoms with E-state index in [4.69, 9.17) is 10.8 Å². The number of rotatable bonds is 16. The van der Waals surface area contributed by atoms with E-state index in [1.807, 2.05) is 20.8 Å². The Labute approximate surface area is 222 Å². The van der Waals surface area contributed by atoms with Gasteiger partial charge in [-0.05, 0) is 42.4 Å². The fraction of sp³-hybridized carbons (Fsp3) is 0.577. The Balaban J connectivity index is 3.02. The first-order chi connectivity index (χ1) is 17.7. The number of aromatic hydroxyl groups is 1. The maximum absolute atomic E-state index is 13.2. The molecule has 5 atom stereocenters. The van der Waals surface area contributed by atoms with E-state index in [2.05, 4.69) is 16.0 Å². The Morgan fingerprint density at radius 3 is 1.95 bits per heavy atom. The third-order valence-corrected chi connectivity index (χ3v) is 6.13. The summed E-state index contributed by atoms with van der Waals surface area (Å²) in [4.78, 5) is 61.5. The topological polar surface area (TPSA) is 208 Å². The van der Waals surface area contributed by atoms with E-state index in [9.17, 15) is 34.2 Å². The maximum Gasteiger partial charge on any atom is 0.326 e. The highest BCUT2D eigenvalue weighted by Crippen LogP contribution is 2.14. The molecule has 0 bridgehead atoms. The van der Waals surface area contributed by atoms with Crippen LogP contribution in [0.25, 0.3) is 0 Å². The number of benzene rings is 1. The van der Waals surface area contributed by atoms with Crippen LogP contribution in [0, 0.1) is 11.8 Å². The number of carboxylic acids is 2. The molecule has 0 aromatic heterocycles. The second kappa shape index (κ2) is 15.6. The van der Waals surface area contributed by atoms with Crippen molar-refractivity contribution in [2.24, 2.45) is 17.6 Å². The van der Waals surface area contributed by atoms with Gasteiger partial charge in [-0.25, -0.2) is 4.79 Å². The number of carbonyl (C=O) groups is 5. The number of hydrogen-bond donors (Lipinski definition) is 7. The first-order valence-corrected chi connectivity index (χ1v) is 12.6. The fourth-order valence-electron chi connectivity index (χ4n) is 3.68. The summed E-state index contributed by atoms with van der Waals surface area (Å²) in [5.74, 6) is -4.72. The summed E-state index contributed by atoms with van der Waals surface area (Å²) in [7, 11) is 0. The molecule has 0 spiro atoms. The summed E-state index contributed by atoms with van der Waals surface area (Å²) < 4.78 is 0. The van der Waals surface area contributed by atoms with E-state index >= 15 is 0 Å². The van der Waals surface area contributed by atoms with Gasteiger partial charge in [-0.15, -0.1) is 0 Å². The van der Waals surface area contributed by atoms with E-state index in [0.717, 1.165) is 0 Å². The van der Waals surface area contributed by atoms with Crippen molar-refractivity contribution in [1.29, 1.82) is 0 Å². The van der Waals surface area contributed by atoms with Crippen LogP contribution in [0.2, 0.25) is 0 Å². The molecule has 3 amide bonds. The summed E-state index contributed by atoms with van der Waals surface area (Å²) in [6.45, 7) is 7.24. The highest BCUT2D eigenvalue weighted by Gasteiger charge is 2.33. The average Bonchev–Trinajstić information content (AvgIpc) is 2.84.